The third kappa shape index (κ3) is 2.76. The van der Waals surface area contributed by atoms with E-state index in [0.29, 0.717) is 12.4 Å². The molecule has 2 heterocycles. The molecule has 0 spiro atoms. The number of hydrogen-bond acceptors (Lipinski definition) is 5. The monoisotopic (exact) mass is 289 g/mol. The highest BCUT2D eigenvalue weighted by molar-refractivity contribution is 5.41. The average molecular weight is 289 g/mol. The van der Waals surface area contributed by atoms with Crippen LogP contribution in [0.5, 0.6) is 11.6 Å². The highest BCUT2D eigenvalue weighted by Gasteiger charge is 2.18. The maximum atomic E-state index is 5.99. The van der Waals surface area contributed by atoms with E-state index < -0.39 is 0 Å². The predicted molar refractivity (Wildman–Crippen MR) is 81.4 cm³/mol. The van der Waals surface area contributed by atoms with Crippen LogP contribution in [-0.4, -0.2) is 20.0 Å². The smallest absolute Gasteiger partial charge is 0.243 e. The van der Waals surface area contributed by atoms with E-state index in [2.05, 4.69) is 29.1 Å². The molecule has 0 fully saturated rings. The predicted octanol–water partition coefficient (Wildman–Crippen LogP) is 2.20. The van der Waals surface area contributed by atoms with Gasteiger partial charge in [0.25, 0.3) is 0 Å². The molecule has 0 saturated heterocycles. The average Bonchev–Trinajstić information content (AvgIpc) is 2.72. The fraction of sp³-hybridized carbons (Fsp3) is 0.533. The zero-order chi connectivity index (χ0) is 15.6. The molecule has 0 aromatic carbocycles. The van der Waals surface area contributed by atoms with Crippen molar-refractivity contribution in [2.45, 2.75) is 47.1 Å². The molecule has 2 aromatic rings. The molecule has 0 amide bonds. The van der Waals surface area contributed by atoms with Crippen molar-refractivity contribution in [2.75, 3.05) is 0 Å². The number of aryl methyl sites for hydroxylation is 3. The Morgan fingerprint density at radius 2 is 1.81 bits per heavy atom. The molecule has 2 rings (SSSR count). The Hall–Kier alpha value is -1.95. The summed E-state index contributed by atoms with van der Waals surface area (Å²) in [6.45, 7) is 8.43. The lowest BCUT2D eigenvalue weighted by Crippen LogP contribution is -2.11. The maximum Gasteiger partial charge on any atom is 0.243 e. The van der Waals surface area contributed by atoms with Gasteiger partial charge in [0, 0.05) is 19.2 Å². The molecule has 0 atom stereocenters. The van der Waals surface area contributed by atoms with E-state index in [-0.39, 0.29) is 0 Å². The Labute approximate surface area is 125 Å². The van der Waals surface area contributed by atoms with Gasteiger partial charge < -0.3 is 10.5 Å². The Kier molecular flexibility index (Phi) is 4.57. The quantitative estimate of drug-likeness (QED) is 0.913. The first-order valence-corrected chi connectivity index (χ1v) is 7.28. The van der Waals surface area contributed by atoms with Gasteiger partial charge >= 0.3 is 0 Å². The van der Waals surface area contributed by atoms with Crippen molar-refractivity contribution in [1.82, 2.24) is 20.0 Å². The summed E-state index contributed by atoms with van der Waals surface area (Å²) in [4.78, 5) is 0. The molecule has 0 aliphatic heterocycles. The summed E-state index contributed by atoms with van der Waals surface area (Å²) in [5.41, 5.74) is 10.8. The zero-order valence-corrected chi connectivity index (χ0v) is 13.4. The van der Waals surface area contributed by atoms with Crippen LogP contribution in [0.3, 0.4) is 0 Å². The van der Waals surface area contributed by atoms with Crippen molar-refractivity contribution < 1.29 is 4.74 Å². The van der Waals surface area contributed by atoms with Gasteiger partial charge in [0.1, 0.15) is 5.69 Å². The number of nitrogens with zero attached hydrogens (tertiary/aromatic N) is 4. The lowest BCUT2D eigenvalue weighted by Gasteiger charge is -2.14. The van der Waals surface area contributed by atoms with E-state index >= 15 is 0 Å². The van der Waals surface area contributed by atoms with Crippen LogP contribution in [0.2, 0.25) is 0 Å². The molecule has 2 N–H and O–H groups in total. The van der Waals surface area contributed by atoms with Crippen LogP contribution in [0.25, 0.3) is 0 Å². The first kappa shape index (κ1) is 15.4. The van der Waals surface area contributed by atoms with Crippen molar-refractivity contribution in [1.29, 1.82) is 0 Å². The van der Waals surface area contributed by atoms with Gasteiger partial charge in [0.2, 0.25) is 5.88 Å². The minimum atomic E-state index is 0.388. The molecule has 0 radical (unpaired) electrons. The van der Waals surface area contributed by atoms with E-state index in [1.807, 2.05) is 20.9 Å². The zero-order valence-electron chi connectivity index (χ0n) is 13.4. The summed E-state index contributed by atoms with van der Waals surface area (Å²) in [5.74, 6) is 1.22. The first-order valence-electron chi connectivity index (χ1n) is 7.28. The van der Waals surface area contributed by atoms with E-state index in [1.165, 1.54) is 0 Å². The van der Waals surface area contributed by atoms with Crippen molar-refractivity contribution >= 4 is 0 Å². The highest BCUT2D eigenvalue weighted by Crippen LogP contribution is 2.30. The van der Waals surface area contributed by atoms with Crippen LogP contribution in [0.1, 0.15) is 42.1 Å². The second-order valence-corrected chi connectivity index (χ2v) is 5.05. The van der Waals surface area contributed by atoms with E-state index in [0.717, 1.165) is 46.8 Å². The van der Waals surface area contributed by atoms with Crippen LogP contribution in [0, 0.1) is 13.8 Å². The normalized spacial score (nSPS) is 11.0. The Morgan fingerprint density at radius 3 is 2.29 bits per heavy atom. The van der Waals surface area contributed by atoms with Gasteiger partial charge in [-0.05, 0) is 32.3 Å². The summed E-state index contributed by atoms with van der Waals surface area (Å²) >= 11 is 0. The number of ether oxygens (including phenoxy) is 1. The van der Waals surface area contributed by atoms with E-state index in [1.54, 1.807) is 4.68 Å². The minimum absolute atomic E-state index is 0.388. The molecule has 21 heavy (non-hydrogen) atoms. The fourth-order valence-corrected chi connectivity index (χ4v) is 2.52. The molecule has 6 heteroatoms. The molecule has 0 aliphatic carbocycles. The van der Waals surface area contributed by atoms with Crippen LogP contribution in [-0.2, 0) is 26.4 Å². The molecule has 0 unspecified atom stereocenters. The number of hydrogen-bond donors (Lipinski definition) is 1. The van der Waals surface area contributed by atoms with E-state index in [4.69, 9.17) is 10.5 Å². The number of aromatic nitrogens is 4. The molecular formula is C15H23N5O. The largest absolute Gasteiger partial charge is 0.433 e. The van der Waals surface area contributed by atoms with Crippen molar-refractivity contribution in [3.05, 3.63) is 28.2 Å². The SMILES string of the molecule is CCc1nnc(Oc2c(C)nn(C)c2C)c(CN)c1CC. The Bertz CT molecular complexity index is 648. The molecule has 0 aliphatic rings. The first-order chi connectivity index (χ1) is 10.0. The van der Waals surface area contributed by atoms with Crippen molar-refractivity contribution in [3.8, 4) is 11.6 Å². The van der Waals surface area contributed by atoms with Gasteiger partial charge in [0.15, 0.2) is 5.75 Å². The number of nitrogens with two attached hydrogens (primary N) is 1. The van der Waals surface area contributed by atoms with Gasteiger partial charge in [-0.1, -0.05) is 13.8 Å². The molecular weight excluding hydrogens is 266 g/mol. The van der Waals surface area contributed by atoms with Gasteiger partial charge in [-0.2, -0.15) is 10.2 Å². The summed E-state index contributed by atoms with van der Waals surface area (Å²) in [6.07, 6.45) is 1.71. The van der Waals surface area contributed by atoms with Gasteiger partial charge in [0.05, 0.1) is 11.4 Å². The second-order valence-electron chi connectivity index (χ2n) is 5.05. The van der Waals surface area contributed by atoms with Crippen molar-refractivity contribution in [2.24, 2.45) is 12.8 Å². The van der Waals surface area contributed by atoms with Crippen LogP contribution in [0.15, 0.2) is 0 Å². The molecule has 0 saturated carbocycles. The van der Waals surface area contributed by atoms with Gasteiger partial charge in [-0.3, -0.25) is 4.68 Å². The summed E-state index contributed by atoms with van der Waals surface area (Å²) in [7, 11) is 1.89. The second kappa shape index (κ2) is 6.22. The summed E-state index contributed by atoms with van der Waals surface area (Å²) in [5, 5.41) is 12.9. The Morgan fingerprint density at radius 1 is 1.10 bits per heavy atom. The standard InChI is InChI=1S/C15H23N5O/c1-6-11-12(8-16)15(18-17-13(11)7-2)21-14-9(3)19-20(5)10(14)4/h6-8,16H2,1-5H3. The van der Waals surface area contributed by atoms with E-state index in [9.17, 15) is 0 Å². The summed E-state index contributed by atoms with van der Waals surface area (Å²) < 4.78 is 7.78. The molecule has 0 bridgehead atoms. The molecule has 2 aromatic heterocycles. The lowest BCUT2D eigenvalue weighted by atomic mass is 10.0. The highest BCUT2D eigenvalue weighted by atomic mass is 16.5. The summed E-state index contributed by atoms with van der Waals surface area (Å²) in [6, 6.07) is 0. The molecule has 6 nitrogen and oxygen atoms in total. The topological polar surface area (TPSA) is 78.9 Å². The van der Waals surface area contributed by atoms with Gasteiger partial charge in [-0.25, -0.2) is 0 Å². The Balaban J connectivity index is 2.49. The minimum Gasteiger partial charge on any atom is -0.433 e. The number of rotatable bonds is 5. The van der Waals surface area contributed by atoms with Crippen LogP contribution in [0.4, 0.5) is 0 Å². The van der Waals surface area contributed by atoms with Gasteiger partial charge in [-0.15, -0.1) is 5.10 Å². The lowest BCUT2D eigenvalue weighted by molar-refractivity contribution is 0.438. The van der Waals surface area contributed by atoms with Crippen molar-refractivity contribution in [3.63, 3.8) is 0 Å². The van der Waals surface area contributed by atoms with Crippen LogP contribution >= 0.6 is 0 Å². The fourth-order valence-electron chi connectivity index (χ4n) is 2.52. The third-order valence-corrected chi connectivity index (χ3v) is 3.77. The van der Waals surface area contributed by atoms with Crippen LogP contribution < -0.4 is 10.5 Å². The maximum absolute atomic E-state index is 5.99. The molecule has 114 valence electrons. The third-order valence-electron chi connectivity index (χ3n) is 3.77.